The van der Waals surface area contributed by atoms with Crippen molar-refractivity contribution in [2.24, 2.45) is 0 Å². The van der Waals surface area contributed by atoms with Gasteiger partial charge < -0.3 is 10.1 Å². The molecule has 0 fully saturated rings. The molecule has 0 heterocycles. The number of carbonyl (C=O) groups excluding carboxylic acids is 1. The molecule has 3 nitrogen and oxygen atoms in total. The Morgan fingerprint density at radius 3 is 2.65 bits per heavy atom. The maximum Gasteiger partial charge on any atom is 0.334 e. The molecule has 0 aliphatic heterocycles. The molecule has 0 aliphatic rings. The van der Waals surface area contributed by atoms with Crippen LogP contribution in [-0.2, 0) is 9.53 Å². The average molecular weight is 233 g/mol. The fraction of sp³-hybridized carbons (Fsp3) is 0.357. The number of benzene rings is 1. The summed E-state index contributed by atoms with van der Waals surface area (Å²) in [6, 6.07) is 10.2. The van der Waals surface area contributed by atoms with E-state index < -0.39 is 0 Å². The Labute approximate surface area is 102 Å². The lowest BCUT2D eigenvalue weighted by Crippen LogP contribution is -2.24. The Hall–Kier alpha value is -1.61. The maximum absolute atomic E-state index is 11.3. The minimum absolute atomic E-state index is 0.183. The zero-order valence-electron chi connectivity index (χ0n) is 10.4. The summed E-state index contributed by atoms with van der Waals surface area (Å²) in [6.45, 7) is 8.35. The fourth-order valence-corrected chi connectivity index (χ4v) is 1.44. The van der Waals surface area contributed by atoms with E-state index in [0.717, 1.165) is 0 Å². The number of hydrogen-bond donors (Lipinski definition) is 1. The summed E-state index contributed by atoms with van der Waals surface area (Å²) in [5.74, 6) is -0.333. The zero-order valence-corrected chi connectivity index (χ0v) is 10.4. The molecule has 0 aromatic heterocycles. The lowest BCUT2D eigenvalue weighted by Gasteiger charge is -2.14. The van der Waals surface area contributed by atoms with Crippen LogP contribution in [0, 0.1) is 0 Å². The summed E-state index contributed by atoms with van der Waals surface area (Å²) in [6.07, 6.45) is 0. The van der Waals surface area contributed by atoms with Gasteiger partial charge in [-0.05, 0) is 19.4 Å². The van der Waals surface area contributed by atoms with Crippen molar-refractivity contribution in [3.8, 4) is 0 Å². The molecule has 1 N–H and O–H groups in total. The highest BCUT2D eigenvalue weighted by Gasteiger charge is 2.09. The fourth-order valence-electron chi connectivity index (χ4n) is 1.44. The van der Waals surface area contributed by atoms with E-state index in [-0.39, 0.29) is 12.0 Å². The third-order valence-corrected chi connectivity index (χ3v) is 2.49. The van der Waals surface area contributed by atoms with Gasteiger partial charge >= 0.3 is 5.97 Å². The van der Waals surface area contributed by atoms with Crippen LogP contribution in [0.15, 0.2) is 42.5 Å². The molecule has 0 radical (unpaired) electrons. The van der Waals surface area contributed by atoms with E-state index in [4.69, 9.17) is 4.74 Å². The maximum atomic E-state index is 11.3. The van der Waals surface area contributed by atoms with Crippen molar-refractivity contribution in [2.75, 3.05) is 13.2 Å². The van der Waals surface area contributed by atoms with E-state index >= 15 is 0 Å². The van der Waals surface area contributed by atoms with Gasteiger partial charge in [0.05, 0.1) is 6.61 Å². The van der Waals surface area contributed by atoms with Crippen LogP contribution < -0.4 is 5.32 Å². The molecule has 92 valence electrons. The average Bonchev–Trinajstić information content (AvgIpc) is 2.36. The van der Waals surface area contributed by atoms with E-state index in [2.05, 4.69) is 11.9 Å². The molecule has 0 amide bonds. The summed E-state index contributed by atoms with van der Waals surface area (Å²) in [5, 5.41) is 3.24. The molecule has 0 aliphatic carbocycles. The molecule has 0 unspecified atom stereocenters. The van der Waals surface area contributed by atoms with Crippen molar-refractivity contribution in [3.63, 3.8) is 0 Å². The molecule has 0 bridgehead atoms. The molecule has 1 aromatic carbocycles. The van der Waals surface area contributed by atoms with Crippen molar-refractivity contribution in [2.45, 2.75) is 19.9 Å². The molecule has 1 rings (SSSR count). The predicted octanol–water partition coefficient (Wildman–Crippen LogP) is 2.46. The minimum Gasteiger partial charge on any atom is -0.463 e. The van der Waals surface area contributed by atoms with Crippen LogP contribution >= 0.6 is 0 Å². The summed E-state index contributed by atoms with van der Waals surface area (Å²) in [5.41, 5.74) is 1.64. The third kappa shape index (κ3) is 4.41. The van der Waals surface area contributed by atoms with Crippen LogP contribution in [0.1, 0.15) is 25.5 Å². The number of ether oxygens (including phenoxy) is 1. The first-order chi connectivity index (χ1) is 8.15. The quantitative estimate of drug-likeness (QED) is 0.606. The molecular formula is C14H19NO2. The Kier molecular flexibility index (Phi) is 5.43. The van der Waals surface area contributed by atoms with Crippen LogP contribution in [0.25, 0.3) is 0 Å². The monoisotopic (exact) mass is 233 g/mol. The molecule has 0 spiro atoms. The van der Waals surface area contributed by atoms with Gasteiger partial charge in [0, 0.05) is 18.2 Å². The number of rotatable bonds is 6. The van der Waals surface area contributed by atoms with E-state index in [1.165, 1.54) is 5.56 Å². The van der Waals surface area contributed by atoms with Crippen LogP contribution in [-0.4, -0.2) is 19.1 Å². The van der Waals surface area contributed by atoms with Crippen LogP contribution in [0.4, 0.5) is 0 Å². The number of hydrogen-bond acceptors (Lipinski definition) is 3. The number of carbonyl (C=O) groups is 1. The van der Waals surface area contributed by atoms with Crippen molar-refractivity contribution >= 4 is 5.97 Å². The van der Waals surface area contributed by atoms with Gasteiger partial charge in [0.25, 0.3) is 0 Å². The second-order valence-electron chi connectivity index (χ2n) is 3.84. The van der Waals surface area contributed by atoms with E-state index in [1.54, 1.807) is 6.92 Å². The van der Waals surface area contributed by atoms with Crippen LogP contribution in [0.2, 0.25) is 0 Å². The van der Waals surface area contributed by atoms with Gasteiger partial charge in [0.1, 0.15) is 0 Å². The molecular weight excluding hydrogens is 214 g/mol. The van der Waals surface area contributed by atoms with Crippen LogP contribution in [0.5, 0.6) is 0 Å². The highest BCUT2D eigenvalue weighted by Crippen LogP contribution is 2.11. The minimum atomic E-state index is -0.333. The molecule has 17 heavy (non-hydrogen) atoms. The van der Waals surface area contributed by atoms with E-state index in [1.807, 2.05) is 37.3 Å². The number of nitrogens with one attached hydrogen (secondary N) is 1. The topological polar surface area (TPSA) is 38.3 Å². The van der Waals surface area contributed by atoms with Crippen LogP contribution in [0.3, 0.4) is 0 Å². The van der Waals surface area contributed by atoms with Crippen molar-refractivity contribution in [1.82, 2.24) is 5.32 Å². The lowest BCUT2D eigenvalue weighted by atomic mass is 10.1. The second kappa shape index (κ2) is 6.86. The Morgan fingerprint density at radius 2 is 2.06 bits per heavy atom. The highest BCUT2D eigenvalue weighted by molar-refractivity contribution is 5.88. The van der Waals surface area contributed by atoms with Gasteiger partial charge in [0.2, 0.25) is 0 Å². The molecule has 0 saturated carbocycles. The Bertz CT molecular complexity index is 373. The predicted molar refractivity (Wildman–Crippen MR) is 68.6 cm³/mol. The van der Waals surface area contributed by atoms with Gasteiger partial charge in [-0.3, -0.25) is 0 Å². The molecule has 0 saturated heterocycles. The van der Waals surface area contributed by atoms with Gasteiger partial charge in [-0.15, -0.1) is 0 Å². The Balaban J connectivity index is 2.41. The molecule has 3 heteroatoms. The number of esters is 1. The summed E-state index contributed by atoms with van der Waals surface area (Å²) in [4.78, 5) is 11.3. The largest absolute Gasteiger partial charge is 0.463 e. The van der Waals surface area contributed by atoms with E-state index in [9.17, 15) is 4.79 Å². The SMILES string of the molecule is C=C(CN[C@H](C)c1ccccc1)C(=O)OCC. The smallest absolute Gasteiger partial charge is 0.334 e. The summed E-state index contributed by atoms with van der Waals surface area (Å²) >= 11 is 0. The Morgan fingerprint density at radius 1 is 1.41 bits per heavy atom. The standard InChI is InChI=1S/C14H19NO2/c1-4-17-14(16)11(2)10-15-12(3)13-8-6-5-7-9-13/h5-9,12,15H,2,4,10H2,1,3H3/t12-/m1/s1. The first-order valence-corrected chi connectivity index (χ1v) is 5.78. The highest BCUT2D eigenvalue weighted by atomic mass is 16.5. The van der Waals surface area contributed by atoms with Crippen molar-refractivity contribution in [1.29, 1.82) is 0 Å². The first-order valence-electron chi connectivity index (χ1n) is 5.78. The van der Waals surface area contributed by atoms with Crippen molar-refractivity contribution < 1.29 is 9.53 Å². The van der Waals surface area contributed by atoms with Gasteiger partial charge in [-0.25, -0.2) is 4.79 Å². The summed E-state index contributed by atoms with van der Waals surface area (Å²) < 4.78 is 4.86. The first kappa shape index (κ1) is 13.5. The summed E-state index contributed by atoms with van der Waals surface area (Å²) in [7, 11) is 0. The zero-order chi connectivity index (χ0) is 12.7. The second-order valence-corrected chi connectivity index (χ2v) is 3.84. The van der Waals surface area contributed by atoms with Gasteiger partial charge in [0.15, 0.2) is 0 Å². The van der Waals surface area contributed by atoms with Gasteiger partial charge in [-0.2, -0.15) is 0 Å². The van der Waals surface area contributed by atoms with Gasteiger partial charge in [-0.1, -0.05) is 36.9 Å². The van der Waals surface area contributed by atoms with Crippen molar-refractivity contribution in [3.05, 3.63) is 48.0 Å². The molecule has 1 aromatic rings. The van der Waals surface area contributed by atoms with E-state index in [0.29, 0.717) is 18.7 Å². The lowest BCUT2D eigenvalue weighted by molar-refractivity contribution is -0.138. The third-order valence-electron chi connectivity index (χ3n) is 2.49. The normalized spacial score (nSPS) is 11.9. The molecule has 1 atom stereocenters.